The molecule has 0 saturated heterocycles. The molecule has 0 aliphatic heterocycles. The first-order chi connectivity index (χ1) is 13.0. The molecular weight excluding hydrogens is 368 g/mol. The SMILES string of the molecule is Cc1ccc([N+](=O)[O-])cc1N=C(N)N.Cc1ccc([N+](=O)[O-])cc1N=C(N)N. The molecule has 28 heavy (non-hydrogen) atoms. The Hall–Kier alpha value is -4.22. The van der Waals surface area contributed by atoms with Crippen LogP contribution in [0.1, 0.15) is 11.1 Å². The number of guanidine groups is 2. The van der Waals surface area contributed by atoms with E-state index in [4.69, 9.17) is 22.9 Å². The van der Waals surface area contributed by atoms with Gasteiger partial charge in [0.15, 0.2) is 11.9 Å². The van der Waals surface area contributed by atoms with Crippen LogP contribution in [0.15, 0.2) is 46.4 Å². The Bertz CT molecular complexity index is 870. The van der Waals surface area contributed by atoms with Gasteiger partial charge in [0.2, 0.25) is 0 Å². The van der Waals surface area contributed by atoms with E-state index in [1.54, 1.807) is 26.0 Å². The Balaban J connectivity index is 0.000000280. The molecule has 0 unspecified atom stereocenters. The molecular formula is C16H20N8O4. The molecule has 2 aromatic rings. The number of nitrogens with zero attached hydrogens (tertiary/aromatic N) is 4. The highest BCUT2D eigenvalue weighted by atomic mass is 16.6. The molecule has 0 heterocycles. The van der Waals surface area contributed by atoms with Crippen LogP contribution in [0.25, 0.3) is 0 Å². The minimum absolute atomic E-state index is 0.0319. The van der Waals surface area contributed by atoms with Gasteiger partial charge in [-0.05, 0) is 25.0 Å². The third kappa shape index (κ3) is 6.59. The number of nitro groups is 2. The van der Waals surface area contributed by atoms with Crippen LogP contribution in [0.2, 0.25) is 0 Å². The number of non-ortho nitro benzene ring substituents is 2. The maximum absolute atomic E-state index is 10.4. The van der Waals surface area contributed by atoms with Crippen molar-refractivity contribution in [1.29, 1.82) is 0 Å². The fraction of sp³-hybridized carbons (Fsp3) is 0.125. The summed E-state index contributed by atoms with van der Waals surface area (Å²) in [5, 5.41) is 20.9. The van der Waals surface area contributed by atoms with Gasteiger partial charge in [0.1, 0.15) is 0 Å². The number of benzene rings is 2. The van der Waals surface area contributed by atoms with Crippen molar-refractivity contribution in [2.45, 2.75) is 13.8 Å². The Labute approximate surface area is 159 Å². The van der Waals surface area contributed by atoms with E-state index in [-0.39, 0.29) is 23.3 Å². The number of rotatable bonds is 4. The van der Waals surface area contributed by atoms with Crippen LogP contribution in [0.5, 0.6) is 0 Å². The maximum atomic E-state index is 10.4. The molecule has 0 fully saturated rings. The van der Waals surface area contributed by atoms with Gasteiger partial charge >= 0.3 is 0 Å². The molecule has 148 valence electrons. The minimum Gasteiger partial charge on any atom is -0.370 e. The zero-order valence-corrected chi connectivity index (χ0v) is 15.2. The number of aryl methyl sites for hydroxylation is 2. The molecule has 0 bridgehead atoms. The molecule has 0 atom stereocenters. The van der Waals surface area contributed by atoms with Crippen LogP contribution < -0.4 is 22.9 Å². The van der Waals surface area contributed by atoms with Gasteiger partial charge in [-0.2, -0.15) is 0 Å². The summed E-state index contributed by atoms with van der Waals surface area (Å²) in [6.07, 6.45) is 0. The van der Waals surface area contributed by atoms with E-state index in [1.807, 2.05) is 0 Å². The van der Waals surface area contributed by atoms with Gasteiger partial charge in [-0.15, -0.1) is 0 Å². The average molecular weight is 388 g/mol. The van der Waals surface area contributed by atoms with Gasteiger partial charge in [0, 0.05) is 24.3 Å². The summed E-state index contributed by atoms with van der Waals surface area (Å²) in [5.41, 5.74) is 23.0. The molecule has 2 aromatic carbocycles. The predicted octanol–water partition coefficient (Wildman–Crippen LogP) is 1.62. The number of hydrogen-bond acceptors (Lipinski definition) is 6. The second-order valence-electron chi connectivity index (χ2n) is 5.53. The first kappa shape index (κ1) is 21.8. The second kappa shape index (κ2) is 9.47. The molecule has 0 amide bonds. The minimum atomic E-state index is -0.495. The molecule has 0 saturated carbocycles. The van der Waals surface area contributed by atoms with E-state index in [0.717, 1.165) is 11.1 Å². The molecule has 0 aromatic heterocycles. The van der Waals surface area contributed by atoms with Gasteiger partial charge in [0.05, 0.1) is 21.2 Å². The van der Waals surface area contributed by atoms with Gasteiger partial charge in [-0.1, -0.05) is 12.1 Å². The van der Waals surface area contributed by atoms with Gasteiger partial charge in [-0.25, -0.2) is 9.98 Å². The topological polar surface area (TPSA) is 215 Å². The van der Waals surface area contributed by atoms with Crippen molar-refractivity contribution in [3.8, 4) is 0 Å². The van der Waals surface area contributed by atoms with E-state index in [0.29, 0.717) is 11.4 Å². The lowest BCUT2D eigenvalue weighted by atomic mass is 10.2. The van der Waals surface area contributed by atoms with Crippen LogP contribution in [-0.2, 0) is 0 Å². The number of aliphatic imine (C=N–C) groups is 2. The Morgan fingerprint density at radius 1 is 0.750 bits per heavy atom. The first-order valence-corrected chi connectivity index (χ1v) is 7.70. The quantitative estimate of drug-likeness (QED) is 0.260. The lowest BCUT2D eigenvalue weighted by molar-refractivity contribution is -0.385. The molecule has 2 rings (SSSR count). The van der Waals surface area contributed by atoms with E-state index < -0.39 is 9.85 Å². The van der Waals surface area contributed by atoms with Crippen LogP contribution in [-0.4, -0.2) is 21.8 Å². The van der Waals surface area contributed by atoms with Crippen LogP contribution >= 0.6 is 0 Å². The van der Waals surface area contributed by atoms with Crippen molar-refractivity contribution in [2.75, 3.05) is 0 Å². The Morgan fingerprint density at radius 3 is 1.32 bits per heavy atom. The summed E-state index contributed by atoms with van der Waals surface area (Å²) in [4.78, 5) is 27.4. The van der Waals surface area contributed by atoms with Gasteiger partial charge in [-0.3, -0.25) is 20.2 Å². The lowest BCUT2D eigenvalue weighted by Crippen LogP contribution is -2.22. The third-order valence-corrected chi connectivity index (χ3v) is 3.31. The van der Waals surface area contributed by atoms with Gasteiger partial charge < -0.3 is 22.9 Å². The fourth-order valence-corrected chi connectivity index (χ4v) is 1.94. The van der Waals surface area contributed by atoms with Crippen molar-refractivity contribution < 1.29 is 9.85 Å². The smallest absolute Gasteiger partial charge is 0.271 e. The highest BCUT2D eigenvalue weighted by molar-refractivity contribution is 5.80. The van der Waals surface area contributed by atoms with Crippen LogP contribution in [0.3, 0.4) is 0 Å². The zero-order chi connectivity index (χ0) is 21.4. The molecule has 0 spiro atoms. The number of hydrogen-bond donors (Lipinski definition) is 4. The molecule has 12 nitrogen and oxygen atoms in total. The van der Waals surface area contributed by atoms with Crippen LogP contribution in [0.4, 0.5) is 22.7 Å². The first-order valence-electron chi connectivity index (χ1n) is 7.70. The zero-order valence-electron chi connectivity index (χ0n) is 15.2. The highest BCUT2D eigenvalue weighted by Crippen LogP contribution is 2.24. The predicted molar refractivity (Wildman–Crippen MR) is 107 cm³/mol. The monoisotopic (exact) mass is 388 g/mol. The van der Waals surface area contributed by atoms with Crippen molar-refractivity contribution in [2.24, 2.45) is 32.9 Å². The average Bonchev–Trinajstić information content (AvgIpc) is 2.58. The van der Waals surface area contributed by atoms with Crippen molar-refractivity contribution in [1.82, 2.24) is 0 Å². The largest absolute Gasteiger partial charge is 0.370 e. The summed E-state index contributed by atoms with van der Waals surface area (Å²) >= 11 is 0. The van der Waals surface area contributed by atoms with Gasteiger partial charge in [0.25, 0.3) is 11.4 Å². The summed E-state index contributed by atoms with van der Waals surface area (Å²) in [5.74, 6) is -0.234. The lowest BCUT2D eigenvalue weighted by Gasteiger charge is -1.99. The normalized spacial score (nSPS) is 9.50. The molecule has 0 radical (unpaired) electrons. The summed E-state index contributed by atoms with van der Waals surface area (Å²) in [6.45, 7) is 3.54. The summed E-state index contributed by atoms with van der Waals surface area (Å²) in [7, 11) is 0. The highest BCUT2D eigenvalue weighted by Gasteiger charge is 2.08. The van der Waals surface area contributed by atoms with E-state index >= 15 is 0 Å². The maximum Gasteiger partial charge on any atom is 0.271 e. The van der Waals surface area contributed by atoms with E-state index in [9.17, 15) is 20.2 Å². The van der Waals surface area contributed by atoms with Crippen molar-refractivity contribution in [3.63, 3.8) is 0 Å². The number of nitrogens with two attached hydrogens (primary N) is 4. The van der Waals surface area contributed by atoms with Crippen LogP contribution in [0, 0.1) is 34.1 Å². The molecule has 0 aliphatic rings. The van der Waals surface area contributed by atoms with Crippen molar-refractivity contribution in [3.05, 3.63) is 67.8 Å². The van der Waals surface area contributed by atoms with E-state index in [1.165, 1.54) is 24.3 Å². The summed E-state index contributed by atoms with van der Waals surface area (Å²) in [6, 6.07) is 8.66. The van der Waals surface area contributed by atoms with Crippen molar-refractivity contribution >= 4 is 34.7 Å². The Morgan fingerprint density at radius 2 is 1.07 bits per heavy atom. The number of nitro benzene ring substituents is 2. The fourth-order valence-electron chi connectivity index (χ4n) is 1.94. The second-order valence-corrected chi connectivity index (χ2v) is 5.53. The Kier molecular flexibility index (Phi) is 7.38. The summed E-state index contributed by atoms with van der Waals surface area (Å²) < 4.78 is 0. The van der Waals surface area contributed by atoms with E-state index in [2.05, 4.69) is 9.98 Å². The molecule has 12 heteroatoms. The molecule has 0 aliphatic carbocycles. The molecule has 8 N–H and O–H groups in total. The standard InChI is InChI=1S/2C8H10N4O2/c2*1-5-2-3-6(12(13)14)4-7(5)11-8(9)10/h2*2-4H,1H3,(H4,9,10,11). The third-order valence-electron chi connectivity index (χ3n) is 3.31.